The van der Waals surface area contributed by atoms with E-state index in [1.807, 2.05) is 45.0 Å². The number of aryl methyl sites for hydroxylation is 1. The lowest BCUT2D eigenvalue weighted by molar-refractivity contribution is 0.0465. The number of hydrogen-bond donors (Lipinski definition) is 1. The van der Waals surface area contributed by atoms with Crippen molar-refractivity contribution < 1.29 is 9.84 Å². The minimum absolute atomic E-state index is 0.231. The summed E-state index contributed by atoms with van der Waals surface area (Å²) in [5.74, 6) is 0. The molecule has 15 heavy (non-hydrogen) atoms. The predicted octanol–water partition coefficient (Wildman–Crippen LogP) is 2.84. The number of ether oxygens (including phenoxy) is 1. The average molecular weight is 208 g/mol. The Hall–Kier alpha value is -0.860. The summed E-state index contributed by atoms with van der Waals surface area (Å²) in [6.45, 7) is 6.63. The smallest absolute Gasteiger partial charge is 0.0812 e. The van der Waals surface area contributed by atoms with Gasteiger partial charge in [-0.3, -0.25) is 0 Å². The van der Waals surface area contributed by atoms with Gasteiger partial charge < -0.3 is 9.84 Å². The highest BCUT2D eigenvalue weighted by molar-refractivity contribution is 5.23. The van der Waals surface area contributed by atoms with Crippen LogP contribution in [-0.4, -0.2) is 17.8 Å². The van der Waals surface area contributed by atoms with Crippen LogP contribution in [0.2, 0.25) is 0 Å². The molecule has 84 valence electrons. The minimum atomic E-state index is -0.413. The summed E-state index contributed by atoms with van der Waals surface area (Å²) in [6, 6.07) is 7.96. The van der Waals surface area contributed by atoms with Gasteiger partial charge in [0.15, 0.2) is 0 Å². The normalized spacial score (nSPS) is 13.1. The summed E-state index contributed by atoms with van der Waals surface area (Å²) in [4.78, 5) is 0. The van der Waals surface area contributed by atoms with Crippen molar-refractivity contribution in [3.05, 3.63) is 35.4 Å². The van der Waals surface area contributed by atoms with E-state index < -0.39 is 6.10 Å². The minimum Gasteiger partial charge on any atom is -0.388 e. The fourth-order valence-corrected chi connectivity index (χ4v) is 1.46. The zero-order chi connectivity index (χ0) is 11.3. The molecular formula is C13H20O2. The van der Waals surface area contributed by atoms with Crippen LogP contribution >= 0.6 is 0 Å². The molecular weight excluding hydrogens is 188 g/mol. The maximum Gasteiger partial charge on any atom is 0.0812 e. The van der Waals surface area contributed by atoms with E-state index in [9.17, 15) is 5.11 Å². The van der Waals surface area contributed by atoms with Crippen LogP contribution in [0.3, 0.4) is 0 Å². The van der Waals surface area contributed by atoms with Crippen LogP contribution in [-0.2, 0) is 4.74 Å². The van der Waals surface area contributed by atoms with E-state index in [1.165, 1.54) is 5.56 Å². The van der Waals surface area contributed by atoms with E-state index >= 15 is 0 Å². The van der Waals surface area contributed by atoms with Crippen LogP contribution in [0, 0.1) is 6.92 Å². The van der Waals surface area contributed by atoms with E-state index in [0.29, 0.717) is 13.0 Å². The Kier molecular flexibility index (Phi) is 4.79. The summed E-state index contributed by atoms with van der Waals surface area (Å²) in [6.07, 6.45) is 0.472. The number of rotatable bonds is 5. The van der Waals surface area contributed by atoms with Crippen molar-refractivity contribution in [2.24, 2.45) is 0 Å². The molecule has 0 aliphatic rings. The molecule has 0 radical (unpaired) electrons. The van der Waals surface area contributed by atoms with Gasteiger partial charge in [0, 0.05) is 13.0 Å². The second-order valence-electron chi connectivity index (χ2n) is 4.14. The van der Waals surface area contributed by atoms with Gasteiger partial charge in [-0.05, 0) is 26.3 Å². The molecule has 0 aliphatic heterocycles. The van der Waals surface area contributed by atoms with Gasteiger partial charge in [0.25, 0.3) is 0 Å². The van der Waals surface area contributed by atoms with Gasteiger partial charge in [-0.25, -0.2) is 0 Å². The Labute approximate surface area is 91.9 Å². The van der Waals surface area contributed by atoms with Crippen molar-refractivity contribution in [2.75, 3.05) is 6.61 Å². The largest absolute Gasteiger partial charge is 0.388 e. The first-order valence-corrected chi connectivity index (χ1v) is 5.46. The lowest BCUT2D eigenvalue weighted by Gasteiger charge is -2.13. The van der Waals surface area contributed by atoms with Gasteiger partial charge in [0.05, 0.1) is 12.2 Å². The average Bonchev–Trinajstić information content (AvgIpc) is 2.17. The Balaban J connectivity index is 2.43. The number of aliphatic hydroxyl groups is 1. The lowest BCUT2D eigenvalue weighted by Crippen LogP contribution is -2.08. The Morgan fingerprint density at radius 1 is 1.33 bits per heavy atom. The van der Waals surface area contributed by atoms with Gasteiger partial charge in [0.2, 0.25) is 0 Å². The molecule has 0 aromatic heterocycles. The molecule has 1 unspecified atom stereocenters. The van der Waals surface area contributed by atoms with E-state index in [0.717, 1.165) is 5.56 Å². The molecule has 1 aromatic carbocycles. The molecule has 0 saturated heterocycles. The van der Waals surface area contributed by atoms with Gasteiger partial charge in [-0.15, -0.1) is 0 Å². The van der Waals surface area contributed by atoms with Crippen LogP contribution in [0.25, 0.3) is 0 Å². The molecule has 0 bridgehead atoms. The van der Waals surface area contributed by atoms with Crippen LogP contribution in [0.4, 0.5) is 0 Å². The molecule has 1 atom stereocenters. The number of benzene rings is 1. The van der Waals surface area contributed by atoms with Crippen molar-refractivity contribution in [3.8, 4) is 0 Å². The molecule has 0 aliphatic carbocycles. The summed E-state index contributed by atoms with van der Waals surface area (Å²) >= 11 is 0. The van der Waals surface area contributed by atoms with Crippen LogP contribution in [0.5, 0.6) is 0 Å². The molecule has 0 saturated carbocycles. The summed E-state index contributed by atoms with van der Waals surface area (Å²) < 4.78 is 5.40. The van der Waals surface area contributed by atoms with Gasteiger partial charge in [-0.1, -0.05) is 29.8 Å². The zero-order valence-corrected chi connectivity index (χ0v) is 9.73. The van der Waals surface area contributed by atoms with Crippen LogP contribution in [0.1, 0.15) is 37.5 Å². The second kappa shape index (κ2) is 5.89. The van der Waals surface area contributed by atoms with Crippen LogP contribution in [0.15, 0.2) is 24.3 Å². The lowest BCUT2D eigenvalue weighted by atomic mass is 10.0. The number of aliphatic hydroxyl groups excluding tert-OH is 1. The first-order valence-electron chi connectivity index (χ1n) is 5.46. The van der Waals surface area contributed by atoms with E-state index in [-0.39, 0.29) is 6.10 Å². The Morgan fingerprint density at radius 3 is 2.67 bits per heavy atom. The van der Waals surface area contributed by atoms with E-state index in [4.69, 9.17) is 4.74 Å². The third-order valence-electron chi connectivity index (χ3n) is 2.27. The molecule has 2 nitrogen and oxygen atoms in total. The standard InChI is InChI=1S/C13H20O2/c1-10(2)15-8-7-13(14)12-6-4-5-11(3)9-12/h4-6,9-10,13-14H,7-8H2,1-3H3. The third kappa shape index (κ3) is 4.45. The highest BCUT2D eigenvalue weighted by Gasteiger charge is 2.07. The fourth-order valence-electron chi connectivity index (χ4n) is 1.46. The van der Waals surface area contributed by atoms with E-state index in [1.54, 1.807) is 0 Å². The van der Waals surface area contributed by atoms with Crippen molar-refractivity contribution in [1.82, 2.24) is 0 Å². The Morgan fingerprint density at radius 2 is 2.07 bits per heavy atom. The summed E-state index contributed by atoms with van der Waals surface area (Å²) in [7, 11) is 0. The highest BCUT2D eigenvalue weighted by atomic mass is 16.5. The summed E-state index contributed by atoms with van der Waals surface area (Å²) in [5, 5.41) is 9.88. The maximum atomic E-state index is 9.88. The van der Waals surface area contributed by atoms with Gasteiger partial charge in [0.1, 0.15) is 0 Å². The highest BCUT2D eigenvalue weighted by Crippen LogP contribution is 2.17. The second-order valence-corrected chi connectivity index (χ2v) is 4.14. The zero-order valence-electron chi connectivity index (χ0n) is 9.73. The predicted molar refractivity (Wildman–Crippen MR) is 61.8 cm³/mol. The molecule has 1 rings (SSSR count). The Bertz CT molecular complexity index is 294. The quantitative estimate of drug-likeness (QED) is 0.806. The van der Waals surface area contributed by atoms with E-state index in [2.05, 4.69) is 0 Å². The maximum absolute atomic E-state index is 9.88. The molecule has 2 heteroatoms. The van der Waals surface area contributed by atoms with Gasteiger partial charge in [-0.2, -0.15) is 0 Å². The first kappa shape index (κ1) is 12.2. The monoisotopic (exact) mass is 208 g/mol. The molecule has 0 spiro atoms. The van der Waals surface area contributed by atoms with Crippen molar-refractivity contribution >= 4 is 0 Å². The topological polar surface area (TPSA) is 29.5 Å². The molecule has 1 aromatic rings. The molecule has 0 heterocycles. The van der Waals surface area contributed by atoms with Crippen molar-refractivity contribution in [1.29, 1.82) is 0 Å². The third-order valence-corrected chi connectivity index (χ3v) is 2.27. The molecule has 0 fully saturated rings. The van der Waals surface area contributed by atoms with Crippen molar-refractivity contribution in [3.63, 3.8) is 0 Å². The van der Waals surface area contributed by atoms with Gasteiger partial charge >= 0.3 is 0 Å². The SMILES string of the molecule is Cc1cccc(C(O)CCOC(C)C)c1. The summed E-state index contributed by atoms with van der Waals surface area (Å²) in [5.41, 5.74) is 2.15. The first-order chi connectivity index (χ1) is 7.09. The number of hydrogen-bond acceptors (Lipinski definition) is 2. The fraction of sp³-hybridized carbons (Fsp3) is 0.538. The van der Waals surface area contributed by atoms with Crippen molar-refractivity contribution in [2.45, 2.75) is 39.4 Å². The molecule has 0 amide bonds. The van der Waals surface area contributed by atoms with Crippen LogP contribution < -0.4 is 0 Å². The molecule has 1 N–H and O–H groups in total.